The van der Waals surface area contributed by atoms with Gasteiger partial charge in [0.25, 0.3) is 9.16 Å². The van der Waals surface area contributed by atoms with Crippen LogP contribution in [0, 0.1) is 34.6 Å². The molecule has 1 amide bonds. The molecular weight excluding hydrogens is 1850 g/mol. The number of hydrogen-bond acceptors (Lipinski definition) is 17. The minimum Gasteiger partial charge on any atom is -0.870 e. The third kappa shape index (κ3) is 40.4. The van der Waals surface area contributed by atoms with E-state index in [4.69, 9.17) is 126 Å². The summed E-state index contributed by atoms with van der Waals surface area (Å²) < 4.78 is 65.8. The van der Waals surface area contributed by atoms with Gasteiger partial charge >= 0.3 is 42.7 Å². The van der Waals surface area contributed by atoms with Gasteiger partial charge in [0.05, 0.1) is 56.6 Å². The zero-order valence-corrected chi connectivity index (χ0v) is 73.6. The average Bonchev–Trinajstić information content (AvgIpc) is 0.816. The molecule has 13 aromatic rings. The van der Waals surface area contributed by atoms with Crippen molar-refractivity contribution in [3.05, 3.63) is 368 Å². The van der Waals surface area contributed by atoms with Gasteiger partial charge in [-0.3, -0.25) is 24.4 Å². The van der Waals surface area contributed by atoms with Crippen molar-refractivity contribution in [3.8, 4) is 6.07 Å². The number of nitrogens with two attached hydrogens (primary N) is 2. The van der Waals surface area contributed by atoms with Crippen LogP contribution in [0.1, 0.15) is 72.5 Å². The van der Waals surface area contributed by atoms with E-state index in [2.05, 4.69) is 56.6 Å². The zero-order valence-electron chi connectivity index (χ0n) is 65.2. The first-order chi connectivity index (χ1) is 57.3. The van der Waals surface area contributed by atoms with Crippen molar-refractivity contribution in [2.75, 3.05) is 54.1 Å². The van der Waals surface area contributed by atoms with Gasteiger partial charge < -0.3 is 57.5 Å². The number of ether oxygens (including phenoxy) is 3. The summed E-state index contributed by atoms with van der Waals surface area (Å²) in [6.07, 6.45) is 7.27. The summed E-state index contributed by atoms with van der Waals surface area (Å²) in [6, 6.07) is 72.8. The molecule has 34 heteroatoms. The number of hydrogen-bond donors (Lipinski definition) is 7. The van der Waals surface area contributed by atoms with Crippen LogP contribution in [0.4, 0.5) is 51.7 Å². The second-order valence-corrected chi connectivity index (χ2v) is 30.5. The molecule has 19 nitrogen and oxygen atoms in total. The van der Waals surface area contributed by atoms with Crippen molar-refractivity contribution in [2.45, 2.75) is 54.4 Å². The van der Waals surface area contributed by atoms with E-state index in [1.165, 1.54) is 64.7 Å². The summed E-state index contributed by atoms with van der Waals surface area (Å²) in [5.74, 6) is -4.19. The molecule has 11 aromatic carbocycles. The van der Waals surface area contributed by atoms with Crippen molar-refractivity contribution in [3.63, 3.8) is 0 Å². The third-order valence-corrected chi connectivity index (χ3v) is 17.9. The number of nitrogens with zero attached hydrogens (tertiary/aromatic N) is 3. The molecule has 13 rings (SSSR count). The molecule has 0 bridgehead atoms. The van der Waals surface area contributed by atoms with Crippen LogP contribution in [-0.4, -0.2) is 74.9 Å². The Bertz CT molecular complexity index is 5430. The Morgan fingerprint density at radius 1 is 0.452 bits per heavy atom. The number of amides is 1. The first kappa shape index (κ1) is 111. The molecule has 2 heterocycles. The minimum atomic E-state index is -1.61. The molecule has 10 N–H and O–H groups in total. The second kappa shape index (κ2) is 59.3. The Labute approximate surface area is 782 Å². The number of fused-ring (bicyclic) bond motifs is 2. The fourth-order valence-corrected chi connectivity index (χ4v) is 11.0. The van der Waals surface area contributed by atoms with Gasteiger partial charge in [-0.05, 0) is 161 Å². The number of nitrogens with one attached hydrogen (secondary N) is 4. The van der Waals surface area contributed by atoms with Gasteiger partial charge in [0, 0.05) is 89.7 Å². The number of anilines is 6. The van der Waals surface area contributed by atoms with Crippen LogP contribution in [0.5, 0.6) is 0 Å². The number of methoxy groups -OCH3 is 3. The maximum absolute atomic E-state index is 14.2. The number of aliphatic carboxylic acids is 1. The molecule has 648 valence electrons. The molecule has 2 aromatic heterocycles. The maximum atomic E-state index is 14.2. The molecule has 0 radical (unpaired) electrons. The van der Waals surface area contributed by atoms with Gasteiger partial charge in [0.2, 0.25) is 0 Å². The van der Waals surface area contributed by atoms with Crippen molar-refractivity contribution in [1.29, 1.82) is 5.26 Å². The number of nitrogen functional groups attached to an aromatic ring is 2. The first-order valence-electron chi connectivity index (χ1n) is 34.9. The Morgan fingerprint density at radius 2 is 0.774 bits per heavy atom. The maximum Gasteiger partial charge on any atom is 1.00 e. The summed E-state index contributed by atoms with van der Waals surface area (Å²) >= 11 is 51.5. The molecule has 0 aliphatic heterocycles. The summed E-state index contributed by atoms with van der Waals surface area (Å²) in [4.78, 5) is 66.0. The van der Waals surface area contributed by atoms with Crippen LogP contribution in [0.15, 0.2) is 292 Å². The van der Waals surface area contributed by atoms with Gasteiger partial charge in [0.15, 0.2) is 12.1 Å². The fraction of sp³-hybridized carbons (Fsp3) is 0.133. The number of benzene rings is 11. The van der Waals surface area contributed by atoms with E-state index in [1.807, 2.05) is 54.7 Å². The standard InChI is InChI=1S/C23H17ClFN3O.C15H13ClFNO2.C14H11ClFNO2.C9H8BrClO2.C9H9ClO2.C9H8N2.C6H6FN.C2H3N.CCl4.2CH4.Li.H2O/c24-17-10-8-15(9-11-17)22(27-21-6-2-1-5-19(21)25)23(29)28-20-7-3-4-16-14-26-13-12-18(16)20;1-20-15(19)14(10-6-8-11(16)9-7-10)18-13-5-3-2-4-12(13)17;15-10-7-5-9(6-8-10)13(14(18)19)17-12-4-2-1-3-11(12)16;1-13-9(12)8(10)6-2-4-7(11)5-3-6;1-12-9(11)6-7-2-4-8(10)5-3-7;10-9-3-1-2-7-6-11-5-4-8(7)9;7-5-3-1-2-4-6(5)8;1-2-3;2-1(3,4)5;;;;/h1-14,22,27H,(H,28,29);2-9,14,18H,1H3;1-8,13,17H,(H,18,19);2-5,8H,1H3;2-5H,6H2,1H3;1-6H,10H2;1-4H,8H2;1H3;;2*1H4;;1H2/q;;;;;;;;;;;+1;/p-1. The fourth-order valence-electron chi connectivity index (χ4n) is 9.92. The summed E-state index contributed by atoms with van der Waals surface area (Å²) in [7, 11) is 4.01. The number of nitriles is 1. The number of halogens is 14. The van der Waals surface area contributed by atoms with E-state index >= 15 is 0 Å². The minimum absolute atomic E-state index is 0. The van der Waals surface area contributed by atoms with Gasteiger partial charge in [-0.15, -0.1) is 0 Å². The van der Waals surface area contributed by atoms with Crippen molar-refractivity contribution >= 4 is 206 Å². The van der Waals surface area contributed by atoms with Crippen LogP contribution in [-0.2, 0) is 44.6 Å². The average molecular weight is 1930 g/mol. The third-order valence-electron chi connectivity index (χ3n) is 15.7. The van der Waals surface area contributed by atoms with E-state index in [0.29, 0.717) is 53.9 Å². The van der Waals surface area contributed by atoms with Gasteiger partial charge in [-0.25, -0.2) is 27.2 Å². The number of carbonyl (C=O) groups excluding carboxylic acids is 4. The van der Waals surface area contributed by atoms with Crippen LogP contribution >= 0.6 is 120 Å². The molecule has 0 saturated heterocycles. The monoisotopic (exact) mass is 1930 g/mol. The number of carboxylic acids is 1. The predicted molar refractivity (Wildman–Crippen MR) is 495 cm³/mol. The van der Waals surface area contributed by atoms with Gasteiger partial charge in [0.1, 0.15) is 34.1 Å². The molecular formula is C90H84BrCl9F4LiN9O10. The largest absolute Gasteiger partial charge is 1.00 e. The normalized spacial score (nSPS) is 10.7. The molecule has 0 saturated carbocycles. The molecule has 4 atom stereocenters. The molecule has 4 unspecified atom stereocenters. The van der Waals surface area contributed by atoms with E-state index in [-0.39, 0.29) is 85.6 Å². The van der Waals surface area contributed by atoms with Crippen LogP contribution < -0.4 is 51.6 Å². The Kier molecular flexibility index (Phi) is 53.3. The van der Waals surface area contributed by atoms with E-state index in [9.17, 15) is 46.6 Å². The number of rotatable bonds is 17. The Morgan fingerprint density at radius 3 is 1.15 bits per heavy atom. The number of aromatic nitrogens is 2. The number of carbonyl (C=O) groups is 5. The van der Waals surface area contributed by atoms with Crippen molar-refractivity contribution < 1.29 is 85.2 Å². The van der Waals surface area contributed by atoms with E-state index < -0.39 is 55.6 Å². The first-order valence-corrected chi connectivity index (χ1v) is 39.3. The predicted octanol–water partition coefficient (Wildman–Crippen LogP) is 22.8. The summed E-state index contributed by atoms with van der Waals surface area (Å²) in [5.41, 5.74) is 16.7. The topological polar surface area (TPSA) is 313 Å². The number of esters is 3. The van der Waals surface area contributed by atoms with Crippen molar-refractivity contribution in [1.82, 2.24) is 9.97 Å². The van der Waals surface area contributed by atoms with E-state index in [1.54, 1.807) is 207 Å². The van der Waals surface area contributed by atoms with Crippen LogP contribution in [0.3, 0.4) is 0 Å². The van der Waals surface area contributed by atoms with E-state index in [0.717, 1.165) is 38.4 Å². The second-order valence-electron chi connectivity index (χ2n) is 24.0. The SMILES string of the molecule is C.C.CC#N.COC(=O)C(Br)c1ccc(Cl)cc1.COC(=O)C(Nc1ccccc1F)c1ccc(Cl)cc1.COC(=O)Cc1ccc(Cl)cc1.ClC(Cl)(Cl)Cl.Nc1cccc2cnccc12.Nc1ccccc1F.O=C(Nc1cccc2cnccc12)C(Nc1ccccc1F)c1ccc(Cl)cc1.O=C(O)C(Nc1ccccc1F)c1ccc(Cl)cc1.[Li+].[OH-]. The quantitative estimate of drug-likeness (QED) is 0.0111. The molecule has 0 aliphatic rings. The smallest absolute Gasteiger partial charge is 0.870 e. The summed E-state index contributed by atoms with van der Waals surface area (Å²) in [5, 5.41) is 34.9. The Balaban J connectivity index is 0.000000731. The van der Waals surface area contributed by atoms with Gasteiger partial charge in [-0.2, -0.15) is 5.26 Å². The number of pyridine rings is 2. The van der Waals surface area contributed by atoms with Crippen molar-refractivity contribution in [2.24, 2.45) is 0 Å². The molecule has 0 fully saturated rings. The number of carboxylic acid groups (broad SMARTS) is 1. The van der Waals surface area contributed by atoms with Crippen LogP contribution in [0.2, 0.25) is 25.1 Å². The Hall–Kier alpha value is -10.6. The molecule has 124 heavy (non-hydrogen) atoms. The number of para-hydroxylation sites is 4. The molecule has 0 aliphatic carbocycles. The van der Waals surface area contributed by atoms with Gasteiger partial charge in [-0.1, -0.05) is 269 Å². The number of alkyl halides is 5. The zero-order chi connectivity index (χ0) is 88.3. The summed E-state index contributed by atoms with van der Waals surface area (Å²) in [6.45, 7) is 1.43. The van der Waals surface area contributed by atoms with Crippen LogP contribution in [0.25, 0.3) is 21.5 Å². The molecule has 0 spiro atoms.